The maximum absolute atomic E-state index is 12.1. The Bertz CT molecular complexity index is 546. The fraction of sp³-hybridized carbons (Fsp3) is 0.250. The number of carbonyl (C=O) groups is 3. The Hall–Kier alpha value is -2.09. The third kappa shape index (κ3) is 3.27. The molecule has 1 heterocycles. The third-order valence-electron chi connectivity index (χ3n) is 2.82. The molecule has 1 unspecified atom stereocenters. The molecular formula is C12H12BrN3O4. The number of carbonyl (C=O) groups excluding carboxylic acids is 2. The molecule has 0 aliphatic carbocycles. The number of nitrogens with zero attached hydrogens (tertiary/aromatic N) is 1. The summed E-state index contributed by atoms with van der Waals surface area (Å²) in [6.07, 6.45) is 0. The van der Waals surface area contributed by atoms with Gasteiger partial charge < -0.3 is 15.7 Å². The van der Waals surface area contributed by atoms with Gasteiger partial charge in [-0.05, 0) is 24.3 Å². The van der Waals surface area contributed by atoms with E-state index in [0.717, 1.165) is 9.37 Å². The topological polar surface area (TPSA) is 98.7 Å². The first-order valence-electron chi connectivity index (χ1n) is 5.80. The summed E-state index contributed by atoms with van der Waals surface area (Å²) in [7, 11) is 0. The molecule has 1 aromatic rings. The molecule has 0 radical (unpaired) electrons. The number of benzene rings is 1. The Labute approximate surface area is 123 Å². The Morgan fingerprint density at radius 1 is 1.35 bits per heavy atom. The first kappa shape index (κ1) is 14.3. The fourth-order valence-corrected chi connectivity index (χ4v) is 2.07. The maximum Gasteiger partial charge on any atom is 0.328 e. The summed E-state index contributed by atoms with van der Waals surface area (Å²) in [5.74, 6) is -1.54. The van der Waals surface area contributed by atoms with Crippen LogP contribution in [0.15, 0.2) is 28.7 Å². The minimum absolute atomic E-state index is 0.0953. The van der Waals surface area contributed by atoms with Crippen molar-refractivity contribution < 1.29 is 19.5 Å². The number of hydrogen-bond acceptors (Lipinski definition) is 3. The minimum Gasteiger partial charge on any atom is -0.480 e. The summed E-state index contributed by atoms with van der Waals surface area (Å²) in [6, 6.07) is 5.14. The van der Waals surface area contributed by atoms with Gasteiger partial charge in [0.2, 0.25) is 5.91 Å². The zero-order chi connectivity index (χ0) is 14.7. The predicted molar refractivity (Wildman–Crippen MR) is 74.3 cm³/mol. The molecule has 3 N–H and O–H groups in total. The molecule has 0 saturated carbocycles. The summed E-state index contributed by atoms with van der Waals surface area (Å²) in [4.78, 5) is 35.5. The van der Waals surface area contributed by atoms with Gasteiger partial charge in [0.25, 0.3) is 0 Å². The first-order valence-corrected chi connectivity index (χ1v) is 6.59. The first-order chi connectivity index (χ1) is 9.47. The van der Waals surface area contributed by atoms with Crippen LogP contribution in [0.4, 0.5) is 10.5 Å². The van der Waals surface area contributed by atoms with Crippen LogP contribution < -0.4 is 10.6 Å². The number of piperazine rings is 1. The zero-order valence-corrected chi connectivity index (χ0v) is 11.9. The Kier molecular flexibility index (Phi) is 4.23. The lowest BCUT2D eigenvalue weighted by Gasteiger charge is -2.32. The van der Waals surface area contributed by atoms with Crippen molar-refractivity contribution in [3.63, 3.8) is 0 Å². The van der Waals surface area contributed by atoms with Gasteiger partial charge in [0.1, 0.15) is 12.6 Å². The summed E-state index contributed by atoms with van der Waals surface area (Å²) in [5.41, 5.74) is 0.522. The molecule has 1 aliphatic rings. The molecule has 3 amide bonds. The number of amides is 3. The number of halogens is 1. The van der Waals surface area contributed by atoms with E-state index in [0.29, 0.717) is 5.69 Å². The normalized spacial score (nSPS) is 18.4. The molecular weight excluding hydrogens is 330 g/mol. The van der Waals surface area contributed by atoms with Crippen LogP contribution in [0.25, 0.3) is 0 Å². The number of carboxylic acid groups (broad SMARTS) is 1. The van der Waals surface area contributed by atoms with E-state index in [1.165, 1.54) is 0 Å². The third-order valence-corrected chi connectivity index (χ3v) is 3.35. The SMILES string of the molecule is O=C1CN(C(=O)Nc2ccc(Br)cc2)C(C(=O)O)CN1. The van der Waals surface area contributed by atoms with Gasteiger partial charge in [-0.3, -0.25) is 9.69 Å². The van der Waals surface area contributed by atoms with Gasteiger partial charge >= 0.3 is 12.0 Å². The lowest BCUT2D eigenvalue weighted by Crippen LogP contribution is -2.60. The van der Waals surface area contributed by atoms with Crippen LogP contribution in [-0.4, -0.2) is 47.0 Å². The van der Waals surface area contributed by atoms with Crippen molar-refractivity contribution in [3.8, 4) is 0 Å². The van der Waals surface area contributed by atoms with Crippen molar-refractivity contribution in [3.05, 3.63) is 28.7 Å². The van der Waals surface area contributed by atoms with Gasteiger partial charge in [-0.15, -0.1) is 0 Å². The lowest BCUT2D eigenvalue weighted by molar-refractivity contribution is -0.144. The van der Waals surface area contributed by atoms with Gasteiger partial charge in [0, 0.05) is 16.7 Å². The second kappa shape index (κ2) is 5.91. The van der Waals surface area contributed by atoms with Crippen LogP contribution >= 0.6 is 15.9 Å². The van der Waals surface area contributed by atoms with Crippen LogP contribution in [0.3, 0.4) is 0 Å². The van der Waals surface area contributed by atoms with E-state index in [2.05, 4.69) is 26.6 Å². The van der Waals surface area contributed by atoms with Crippen LogP contribution in [0.2, 0.25) is 0 Å². The highest BCUT2D eigenvalue weighted by atomic mass is 79.9. The van der Waals surface area contributed by atoms with E-state index in [9.17, 15) is 14.4 Å². The van der Waals surface area contributed by atoms with E-state index in [4.69, 9.17) is 5.11 Å². The van der Waals surface area contributed by atoms with Crippen molar-refractivity contribution in [2.75, 3.05) is 18.4 Å². The highest BCUT2D eigenvalue weighted by Gasteiger charge is 2.35. The van der Waals surface area contributed by atoms with Crippen LogP contribution in [0.1, 0.15) is 0 Å². The van der Waals surface area contributed by atoms with Crippen molar-refractivity contribution >= 4 is 39.5 Å². The quantitative estimate of drug-likeness (QED) is 0.743. The highest BCUT2D eigenvalue weighted by Crippen LogP contribution is 2.15. The minimum atomic E-state index is -1.16. The molecule has 1 aromatic carbocycles. The van der Waals surface area contributed by atoms with Crippen molar-refractivity contribution in [2.45, 2.75) is 6.04 Å². The molecule has 20 heavy (non-hydrogen) atoms. The molecule has 8 heteroatoms. The molecule has 0 aromatic heterocycles. The summed E-state index contributed by atoms with van der Waals surface area (Å²) in [6.45, 7) is -0.374. The standard InChI is InChI=1S/C12H12BrN3O4/c13-7-1-3-8(4-2-7)15-12(20)16-6-10(17)14-5-9(16)11(18)19/h1-4,9H,5-6H2,(H,14,17)(H,15,20)(H,18,19). The zero-order valence-electron chi connectivity index (χ0n) is 10.3. The van der Waals surface area contributed by atoms with Gasteiger partial charge in [-0.2, -0.15) is 0 Å². The molecule has 2 rings (SSSR count). The maximum atomic E-state index is 12.1. The Morgan fingerprint density at radius 2 is 2.00 bits per heavy atom. The second-order valence-electron chi connectivity index (χ2n) is 4.22. The summed E-state index contributed by atoms with van der Waals surface area (Å²) >= 11 is 3.27. The largest absolute Gasteiger partial charge is 0.480 e. The number of aliphatic carboxylic acids is 1. The van der Waals surface area contributed by atoms with E-state index in [-0.39, 0.29) is 19.0 Å². The molecule has 1 saturated heterocycles. The molecule has 1 aliphatic heterocycles. The van der Waals surface area contributed by atoms with Gasteiger partial charge in [0.15, 0.2) is 0 Å². The van der Waals surface area contributed by atoms with E-state index in [1.807, 2.05) is 0 Å². The van der Waals surface area contributed by atoms with Crippen molar-refractivity contribution in [2.24, 2.45) is 0 Å². The summed E-state index contributed by atoms with van der Waals surface area (Å²) < 4.78 is 0.858. The monoisotopic (exact) mass is 341 g/mol. The summed E-state index contributed by atoms with van der Waals surface area (Å²) in [5, 5.41) is 14.1. The molecule has 1 atom stereocenters. The molecule has 0 spiro atoms. The fourth-order valence-electron chi connectivity index (χ4n) is 1.80. The smallest absolute Gasteiger partial charge is 0.328 e. The van der Waals surface area contributed by atoms with E-state index in [1.54, 1.807) is 24.3 Å². The lowest BCUT2D eigenvalue weighted by atomic mass is 10.2. The van der Waals surface area contributed by atoms with Gasteiger partial charge in [-0.25, -0.2) is 9.59 Å². The van der Waals surface area contributed by atoms with E-state index < -0.39 is 18.0 Å². The highest BCUT2D eigenvalue weighted by molar-refractivity contribution is 9.10. The average Bonchev–Trinajstić information content (AvgIpc) is 2.41. The number of nitrogens with one attached hydrogen (secondary N) is 2. The number of hydrogen-bond donors (Lipinski definition) is 3. The average molecular weight is 342 g/mol. The molecule has 0 bridgehead atoms. The molecule has 1 fully saturated rings. The van der Waals surface area contributed by atoms with Crippen molar-refractivity contribution in [1.82, 2.24) is 10.2 Å². The number of rotatable bonds is 2. The van der Waals surface area contributed by atoms with E-state index >= 15 is 0 Å². The number of urea groups is 1. The van der Waals surface area contributed by atoms with Gasteiger partial charge in [-0.1, -0.05) is 15.9 Å². The van der Waals surface area contributed by atoms with Crippen LogP contribution in [-0.2, 0) is 9.59 Å². The van der Waals surface area contributed by atoms with Crippen LogP contribution in [0, 0.1) is 0 Å². The second-order valence-corrected chi connectivity index (χ2v) is 5.14. The number of carboxylic acids is 1. The molecule has 7 nitrogen and oxygen atoms in total. The predicted octanol–water partition coefficient (Wildman–Crippen LogP) is 0.866. The molecule has 106 valence electrons. The van der Waals surface area contributed by atoms with Gasteiger partial charge in [0.05, 0.1) is 0 Å². The van der Waals surface area contributed by atoms with Crippen LogP contribution in [0.5, 0.6) is 0 Å². The Balaban J connectivity index is 2.10. The van der Waals surface area contributed by atoms with Crippen molar-refractivity contribution in [1.29, 1.82) is 0 Å². The Morgan fingerprint density at radius 3 is 2.60 bits per heavy atom. The number of anilines is 1.